The predicted molar refractivity (Wildman–Crippen MR) is 115 cm³/mol. The number of esters is 1. The zero-order valence-corrected chi connectivity index (χ0v) is 17.3. The highest BCUT2D eigenvalue weighted by atomic mass is 16.5. The molecule has 2 heterocycles. The van der Waals surface area contributed by atoms with Crippen LogP contribution in [0.25, 0.3) is 10.8 Å². The van der Waals surface area contributed by atoms with Crippen molar-refractivity contribution in [3.8, 4) is 6.07 Å². The topological polar surface area (TPSA) is 56.6 Å². The van der Waals surface area contributed by atoms with Gasteiger partial charge >= 0.3 is 5.97 Å². The van der Waals surface area contributed by atoms with Gasteiger partial charge < -0.3 is 9.64 Å². The Bertz CT molecular complexity index is 917. The highest BCUT2D eigenvalue weighted by Gasteiger charge is 2.42. The molecule has 29 heavy (non-hydrogen) atoms. The molecule has 2 bridgehead atoms. The lowest BCUT2D eigenvalue weighted by Crippen LogP contribution is -2.46. The van der Waals surface area contributed by atoms with Crippen molar-refractivity contribution in [3.05, 3.63) is 42.0 Å². The molecule has 5 heteroatoms. The first-order chi connectivity index (χ1) is 14.1. The smallest absolute Gasteiger partial charge is 0.320 e. The maximum atomic E-state index is 12.4. The second kappa shape index (κ2) is 8.42. The number of rotatable bonds is 6. The Hall–Kier alpha value is -2.58. The lowest BCUT2D eigenvalue weighted by molar-refractivity contribution is -0.151. The fraction of sp³-hybridized carbons (Fsp3) is 0.500. The van der Waals surface area contributed by atoms with Crippen molar-refractivity contribution in [2.24, 2.45) is 0 Å². The van der Waals surface area contributed by atoms with Crippen molar-refractivity contribution in [2.45, 2.75) is 57.7 Å². The molecule has 2 fully saturated rings. The Kier molecular flexibility index (Phi) is 5.73. The predicted octanol–water partition coefficient (Wildman–Crippen LogP) is 4.10. The zero-order chi connectivity index (χ0) is 20.4. The number of ether oxygens (including phenoxy) is 1. The van der Waals surface area contributed by atoms with E-state index >= 15 is 0 Å². The van der Waals surface area contributed by atoms with Crippen LogP contribution in [0.3, 0.4) is 0 Å². The third-order valence-corrected chi connectivity index (χ3v) is 6.53. The van der Waals surface area contributed by atoms with Crippen LogP contribution in [-0.2, 0) is 9.53 Å². The Morgan fingerprint density at radius 3 is 2.38 bits per heavy atom. The highest BCUT2D eigenvalue weighted by molar-refractivity contribution is 5.98. The highest BCUT2D eigenvalue weighted by Crippen LogP contribution is 2.43. The van der Waals surface area contributed by atoms with Crippen LogP contribution in [0.5, 0.6) is 0 Å². The first-order valence-corrected chi connectivity index (χ1v) is 10.8. The monoisotopic (exact) mass is 391 g/mol. The van der Waals surface area contributed by atoms with Gasteiger partial charge in [0.2, 0.25) is 0 Å². The van der Waals surface area contributed by atoms with Gasteiger partial charge in [0, 0.05) is 41.4 Å². The molecule has 0 spiro atoms. The Morgan fingerprint density at radius 2 is 1.76 bits per heavy atom. The average molecular weight is 392 g/mol. The molecule has 0 radical (unpaired) electrons. The summed E-state index contributed by atoms with van der Waals surface area (Å²) in [6, 6.07) is 15.3. The molecule has 152 valence electrons. The first kappa shape index (κ1) is 19.7. The van der Waals surface area contributed by atoms with Crippen molar-refractivity contribution >= 4 is 22.4 Å². The maximum absolute atomic E-state index is 12.4. The Balaban J connectivity index is 1.52. The Labute approximate surface area is 172 Å². The molecule has 2 unspecified atom stereocenters. The van der Waals surface area contributed by atoms with E-state index in [9.17, 15) is 10.1 Å². The lowest BCUT2D eigenvalue weighted by Gasteiger charge is -2.41. The van der Waals surface area contributed by atoms with Crippen LogP contribution >= 0.6 is 0 Å². The molecule has 0 aliphatic carbocycles. The summed E-state index contributed by atoms with van der Waals surface area (Å²) in [5, 5.41) is 11.6. The van der Waals surface area contributed by atoms with Gasteiger partial charge in [0.15, 0.2) is 0 Å². The number of carbonyl (C=O) groups excluding carboxylic acids is 1. The molecule has 2 atom stereocenters. The van der Waals surface area contributed by atoms with E-state index in [1.54, 1.807) is 0 Å². The molecular formula is C24H29N3O2. The summed E-state index contributed by atoms with van der Waals surface area (Å²) in [4.78, 5) is 17.0. The van der Waals surface area contributed by atoms with Gasteiger partial charge in [0.25, 0.3) is 0 Å². The van der Waals surface area contributed by atoms with Crippen molar-refractivity contribution in [2.75, 3.05) is 24.5 Å². The summed E-state index contributed by atoms with van der Waals surface area (Å²) >= 11 is 0. The largest absolute Gasteiger partial charge is 0.461 e. The number of nitriles is 1. The van der Waals surface area contributed by atoms with E-state index in [0.717, 1.165) is 55.1 Å². The molecule has 0 saturated carbocycles. The molecule has 2 aromatic rings. The third-order valence-electron chi connectivity index (χ3n) is 6.53. The minimum Gasteiger partial charge on any atom is -0.461 e. The van der Waals surface area contributed by atoms with Gasteiger partial charge in [0.1, 0.15) is 6.10 Å². The molecule has 0 amide bonds. The number of anilines is 1. The minimum absolute atomic E-state index is 0.0106. The molecule has 0 aromatic heterocycles. The summed E-state index contributed by atoms with van der Waals surface area (Å²) in [5.74, 6) is -0.102. The standard InChI is InChI=1S/C24H29N3O2/c1-3-26(4-2)16-24(28)29-20-13-18-10-11-19(14-20)27(18)23-12-9-17(15-25)21-7-5-6-8-22(21)23/h5-9,12,18-20H,3-4,10-11,13-14,16H2,1-2H3. The van der Waals surface area contributed by atoms with Crippen LogP contribution in [0.2, 0.25) is 0 Å². The number of hydrogen-bond donors (Lipinski definition) is 0. The van der Waals surface area contributed by atoms with Crippen LogP contribution in [0.1, 0.15) is 45.1 Å². The van der Waals surface area contributed by atoms with Crippen molar-refractivity contribution in [1.82, 2.24) is 4.90 Å². The number of piperidine rings is 1. The molecule has 4 rings (SSSR count). The molecule has 0 N–H and O–H groups in total. The number of nitrogens with zero attached hydrogens (tertiary/aromatic N) is 3. The van der Waals surface area contributed by atoms with Gasteiger partial charge in [-0.25, -0.2) is 0 Å². The van der Waals surface area contributed by atoms with E-state index in [2.05, 4.69) is 41.8 Å². The van der Waals surface area contributed by atoms with Gasteiger partial charge in [-0.15, -0.1) is 0 Å². The Morgan fingerprint density at radius 1 is 1.10 bits per heavy atom. The quantitative estimate of drug-likeness (QED) is 0.694. The summed E-state index contributed by atoms with van der Waals surface area (Å²) in [6.07, 6.45) is 4.03. The van der Waals surface area contributed by atoms with Gasteiger partial charge in [-0.1, -0.05) is 38.1 Å². The summed E-state index contributed by atoms with van der Waals surface area (Å²) in [6.45, 7) is 6.24. The molecule has 2 aromatic carbocycles. The van der Waals surface area contributed by atoms with Crippen LogP contribution in [0.4, 0.5) is 5.69 Å². The van der Waals surface area contributed by atoms with E-state index in [-0.39, 0.29) is 12.1 Å². The van der Waals surface area contributed by atoms with E-state index in [4.69, 9.17) is 4.74 Å². The second-order valence-corrected chi connectivity index (χ2v) is 8.13. The van der Waals surface area contributed by atoms with E-state index in [0.29, 0.717) is 18.6 Å². The average Bonchev–Trinajstić information content (AvgIpc) is 3.00. The number of fused-ring (bicyclic) bond motifs is 3. The van der Waals surface area contributed by atoms with Gasteiger partial charge in [-0.2, -0.15) is 5.26 Å². The minimum atomic E-state index is -0.102. The first-order valence-electron chi connectivity index (χ1n) is 10.8. The number of hydrogen-bond acceptors (Lipinski definition) is 5. The summed E-state index contributed by atoms with van der Waals surface area (Å²) in [7, 11) is 0. The van der Waals surface area contributed by atoms with Crippen LogP contribution in [0, 0.1) is 11.3 Å². The molecule has 5 nitrogen and oxygen atoms in total. The van der Waals surface area contributed by atoms with Gasteiger partial charge in [0.05, 0.1) is 18.2 Å². The maximum Gasteiger partial charge on any atom is 0.320 e. The second-order valence-electron chi connectivity index (χ2n) is 8.13. The van der Waals surface area contributed by atoms with E-state index in [1.807, 2.05) is 24.3 Å². The SMILES string of the molecule is CCN(CC)CC(=O)OC1CC2CCC(C1)N2c1ccc(C#N)c2ccccc12. The van der Waals surface area contributed by atoms with Crippen LogP contribution < -0.4 is 4.90 Å². The molecular weight excluding hydrogens is 362 g/mol. The molecule has 2 aliphatic heterocycles. The lowest BCUT2D eigenvalue weighted by atomic mass is 9.96. The number of likely N-dealkylation sites (N-methyl/N-ethyl adjacent to an activating group) is 1. The summed E-state index contributed by atoms with van der Waals surface area (Å²) in [5.41, 5.74) is 1.93. The molecule has 2 aliphatic rings. The fourth-order valence-electron chi connectivity index (χ4n) is 5.08. The normalized spacial score (nSPS) is 23.4. The number of benzene rings is 2. The van der Waals surface area contributed by atoms with Gasteiger partial charge in [-0.05, 0) is 38.1 Å². The number of carbonyl (C=O) groups is 1. The zero-order valence-electron chi connectivity index (χ0n) is 17.3. The summed E-state index contributed by atoms with van der Waals surface area (Å²) < 4.78 is 5.86. The van der Waals surface area contributed by atoms with Gasteiger partial charge in [-0.3, -0.25) is 9.69 Å². The van der Waals surface area contributed by atoms with Crippen molar-refractivity contribution in [1.29, 1.82) is 5.26 Å². The van der Waals surface area contributed by atoms with Crippen LogP contribution in [-0.4, -0.2) is 48.7 Å². The fourth-order valence-corrected chi connectivity index (χ4v) is 5.08. The van der Waals surface area contributed by atoms with Crippen LogP contribution in [0.15, 0.2) is 36.4 Å². The van der Waals surface area contributed by atoms with Crippen molar-refractivity contribution < 1.29 is 9.53 Å². The van der Waals surface area contributed by atoms with Crippen molar-refractivity contribution in [3.63, 3.8) is 0 Å². The molecule has 2 saturated heterocycles. The van der Waals surface area contributed by atoms with E-state index < -0.39 is 0 Å². The third kappa shape index (κ3) is 3.82. The van der Waals surface area contributed by atoms with E-state index in [1.165, 1.54) is 5.69 Å².